The molecule has 1 heterocycles. The number of hydrogen-bond donors (Lipinski definition) is 1. The smallest absolute Gasteiger partial charge is 0.311 e. The summed E-state index contributed by atoms with van der Waals surface area (Å²) in [6.45, 7) is -0.484. The van der Waals surface area contributed by atoms with Crippen LogP contribution < -0.4 is 19.7 Å². The van der Waals surface area contributed by atoms with Crippen LogP contribution in [0.15, 0.2) is 42.5 Å². The Balaban J connectivity index is 1.56. The highest BCUT2D eigenvalue weighted by Crippen LogP contribution is 2.29. The Bertz CT molecular complexity index is 1040. The summed E-state index contributed by atoms with van der Waals surface area (Å²) >= 11 is 0. The van der Waals surface area contributed by atoms with Crippen molar-refractivity contribution in [2.24, 2.45) is 5.92 Å². The molecule has 1 aliphatic rings. The molecule has 11 heteroatoms. The van der Waals surface area contributed by atoms with Crippen LogP contribution in [-0.2, 0) is 19.1 Å². The molecule has 0 spiro atoms. The predicted octanol–water partition coefficient (Wildman–Crippen LogP) is 2.15. The van der Waals surface area contributed by atoms with Crippen LogP contribution in [0.3, 0.4) is 0 Å². The standard InChI is InChI=1S/C21H21N3O8/c1-30-16-7-8-18(31-2)17(10-16)22-19(25)12-32-21(27)13-9-20(26)23(11-13)14-3-5-15(6-4-14)24(28)29/h3-8,10,13H,9,11-12H2,1-2H3,(H,22,25)/t13-/m1/s1. The Hall–Kier alpha value is -4.15. The molecule has 2 amide bonds. The summed E-state index contributed by atoms with van der Waals surface area (Å²) in [5, 5.41) is 13.4. The van der Waals surface area contributed by atoms with Gasteiger partial charge in [0.1, 0.15) is 11.5 Å². The van der Waals surface area contributed by atoms with Gasteiger partial charge in [0.2, 0.25) is 5.91 Å². The van der Waals surface area contributed by atoms with Crippen molar-refractivity contribution in [1.82, 2.24) is 0 Å². The van der Waals surface area contributed by atoms with E-state index >= 15 is 0 Å². The van der Waals surface area contributed by atoms with Gasteiger partial charge < -0.3 is 24.4 Å². The minimum absolute atomic E-state index is 0.0564. The lowest BCUT2D eigenvalue weighted by atomic mass is 10.1. The average Bonchev–Trinajstić information content (AvgIpc) is 3.19. The van der Waals surface area contributed by atoms with Crippen LogP contribution in [0.25, 0.3) is 0 Å². The zero-order valence-electron chi connectivity index (χ0n) is 17.4. The minimum atomic E-state index is -0.753. The first kappa shape index (κ1) is 22.5. The Kier molecular flexibility index (Phi) is 6.88. The third-order valence-corrected chi connectivity index (χ3v) is 4.86. The van der Waals surface area contributed by atoms with E-state index in [2.05, 4.69) is 5.32 Å². The SMILES string of the molecule is COc1ccc(OC)c(NC(=O)COC(=O)[C@@H]2CC(=O)N(c3ccc([N+](=O)[O-])cc3)C2)c1. The number of benzene rings is 2. The van der Waals surface area contributed by atoms with Crippen LogP contribution in [0, 0.1) is 16.0 Å². The number of hydrogen-bond acceptors (Lipinski definition) is 8. The number of rotatable bonds is 8. The number of ether oxygens (including phenoxy) is 3. The molecular formula is C21H21N3O8. The van der Waals surface area contributed by atoms with Crippen molar-refractivity contribution in [1.29, 1.82) is 0 Å². The average molecular weight is 443 g/mol. The third-order valence-electron chi connectivity index (χ3n) is 4.86. The van der Waals surface area contributed by atoms with Gasteiger partial charge in [0, 0.05) is 36.9 Å². The molecule has 1 aliphatic heterocycles. The first-order valence-corrected chi connectivity index (χ1v) is 9.55. The molecule has 2 aromatic carbocycles. The summed E-state index contributed by atoms with van der Waals surface area (Å²) in [6.07, 6.45) is -0.0822. The molecule has 0 radical (unpaired) electrons. The lowest BCUT2D eigenvalue weighted by Gasteiger charge is -2.16. The van der Waals surface area contributed by atoms with Crippen molar-refractivity contribution >= 4 is 34.8 Å². The predicted molar refractivity (Wildman–Crippen MR) is 113 cm³/mol. The van der Waals surface area contributed by atoms with Crippen molar-refractivity contribution in [3.8, 4) is 11.5 Å². The van der Waals surface area contributed by atoms with Gasteiger partial charge in [-0.25, -0.2) is 0 Å². The number of esters is 1. The molecule has 2 aromatic rings. The first-order chi connectivity index (χ1) is 15.3. The van der Waals surface area contributed by atoms with E-state index in [-0.39, 0.29) is 24.6 Å². The van der Waals surface area contributed by atoms with E-state index in [1.165, 1.54) is 43.4 Å². The van der Waals surface area contributed by atoms with E-state index < -0.39 is 29.3 Å². The monoisotopic (exact) mass is 443 g/mol. The fourth-order valence-corrected chi connectivity index (χ4v) is 3.22. The molecule has 32 heavy (non-hydrogen) atoms. The summed E-state index contributed by atoms with van der Waals surface area (Å²) in [5.74, 6) is -1.42. The Morgan fingerprint density at radius 1 is 1.16 bits per heavy atom. The summed E-state index contributed by atoms with van der Waals surface area (Å²) in [4.78, 5) is 48.5. The topological polar surface area (TPSA) is 137 Å². The maximum absolute atomic E-state index is 12.4. The van der Waals surface area contributed by atoms with Crippen molar-refractivity contribution in [2.75, 3.05) is 37.6 Å². The van der Waals surface area contributed by atoms with E-state index in [4.69, 9.17) is 14.2 Å². The molecule has 0 aliphatic carbocycles. The number of nitrogens with zero attached hydrogens (tertiary/aromatic N) is 2. The molecule has 0 bridgehead atoms. The highest BCUT2D eigenvalue weighted by molar-refractivity contribution is 6.00. The minimum Gasteiger partial charge on any atom is -0.497 e. The largest absolute Gasteiger partial charge is 0.497 e. The molecule has 1 fully saturated rings. The maximum atomic E-state index is 12.4. The third kappa shape index (κ3) is 5.12. The van der Waals surface area contributed by atoms with Gasteiger partial charge in [-0.2, -0.15) is 0 Å². The molecule has 0 saturated carbocycles. The maximum Gasteiger partial charge on any atom is 0.311 e. The summed E-state index contributed by atoms with van der Waals surface area (Å²) in [5.41, 5.74) is 0.696. The number of carbonyl (C=O) groups is 3. The Morgan fingerprint density at radius 2 is 1.88 bits per heavy atom. The fraction of sp³-hybridized carbons (Fsp3) is 0.286. The summed E-state index contributed by atoms with van der Waals surface area (Å²) in [6, 6.07) is 10.3. The highest BCUT2D eigenvalue weighted by Gasteiger charge is 2.36. The lowest BCUT2D eigenvalue weighted by molar-refractivity contribution is -0.384. The normalized spacial score (nSPS) is 15.2. The molecule has 0 unspecified atom stereocenters. The number of nitro groups is 1. The Labute approximate surface area is 183 Å². The highest BCUT2D eigenvalue weighted by atomic mass is 16.6. The van der Waals surface area contributed by atoms with E-state index in [1.807, 2.05) is 0 Å². The summed E-state index contributed by atoms with van der Waals surface area (Å²) < 4.78 is 15.4. The second-order valence-corrected chi connectivity index (χ2v) is 6.90. The van der Waals surface area contributed by atoms with E-state index in [0.717, 1.165) is 0 Å². The number of nitro benzene ring substituents is 1. The van der Waals surface area contributed by atoms with Crippen molar-refractivity contribution in [3.05, 3.63) is 52.6 Å². The molecule has 1 atom stereocenters. The number of anilines is 2. The number of carbonyl (C=O) groups excluding carboxylic acids is 3. The van der Waals surface area contributed by atoms with Gasteiger partial charge in [-0.3, -0.25) is 24.5 Å². The van der Waals surface area contributed by atoms with Crippen LogP contribution in [0.2, 0.25) is 0 Å². The molecular weight excluding hydrogens is 422 g/mol. The molecule has 11 nitrogen and oxygen atoms in total. The molecule has 1 N–H and O–H groups in total. The van der Waals surface area contributed by atoms with Gasteiger partial charge in [-0.1, -0.05) is 0 Å². The number of nitrogens with one attached hydrogen (secondary N) is 1. The second kappa shape index (κ2) is 9.77. The van der Waals surface area contributed by atoms with Crippen LogP contribution in [0.5, 0.6) is 11.5 Å². The van der Waals surface area contributed by atoms with Gasteiger partial charge in [0.05, 0.1) is 30.7 Å². The zero-order valence-corrected chi connectivity index (χ0v) is 17.4. The van der Waals surface area contributed by atoms with Gasteiger partial charge >= 0.3 is 5.97 Å². The fourth-order valence-electron chi connectivity index (χ4n) is 3.22. The van der Waals surface area contributed by atoms with Crippen LogP contribution in [0.1, 0.15) is 6.42 Å². The quantitative estimate of drug-likeness (QED) is 0.372. The number of methoxy groups -OCH3 is 2. The molecule has 0 aromatic heterocycles. The van der Waals surface area contributed by atoms with E-state index in [1.54, 1.807) is 18.2 Å². The second-order valence-electron chi connectivity index (χ2n) is 6.90. The van der Waals surface area contributed by atoms with Crippen LogP contribution >= 0.6 is 0 Å². The van der Waals surface area contributed by atoms with Crippen LogP contribution in [-0.4, -0.2) is 50.1 Å². The first-order valence-electron chi connectivity index (χ1n) is 9.55. The van der Waals surface area contributed by atoms with Crippen molar-refractivity contribution < 1.29 is 33.5 Å². The number of amides is 2. The van der Waals surface area contributed by atoms with Gasteiger partial charge in [-0.15, -0.1) is 0 Å². The molecule has 3 rings (SSSR count). The number of non-ortho nitro benzene ring substituents is 1. The lowest BCUT2D eigenvalue weighted by Crippen LogP contribution is -2.28. The van der Waals surface area contributed by atoms with Crippen molar-refractivity contribution in [2.45, 2.75) is 6.42 Å². The Morgan fingerprint density at radius 3 is 2.50 bits per heavy atom. The molecule has 1 saturated heterocycles. The van der Waals surface area contributed by atoms with Gasteiger partial charge in [-0.05, 0) is 24.3 Å². The van der Waals surface area contributed by atoms with E-state index in [9.17, 15) is 24.5 Å². The van der Waals surface area contributed by atoms with Gasteiger partial charge in [0.15, 0.2) is 6.61 Å². The molecule has 168 valence electrons. The van der Waals surface area contributed by atoms with Crippen LogP contribution in [0.4, 0.5) is 17.1 Å². The zero-order chi connectivity index (χ0) is 23.3. The van der Waals surface area contributed by atoms with Crippen molar-refractivity contribution in [3.63, 3.8) is 0 Å². The van der Waals surface area contributed by atoms with E-state index in [0.29, 0.717) is 22.9 Å². The summed E-state index contributed by atoms with van der Waals surface area (Å²) in [7, 11) is 2.93. The van der Waals surface area contributed by atoms with Gasteiger partial charge in [0.25, 0.3) is 11.6 Å².